The minimum Gasteiger partial charge on any atom is -0.426 e. The Kier molecular flexibility index (Phi) is 1.47. The number of epoxide rings is 1. The zero-order valence-electron chi connectivity index (χ0n) is 7.03. The van der Waals surface area contributed by atoms with Gasteiger partial charge < -0.3 is 9.47 Å². The first-order valence-corrected chi connectivity index (χ1v) is 3.80. The molecule has 2 saturated heterocycles. The summed E-state index contributed by atoms with van der Waals surface area (Å²) in [4.78, 5) is 22.1. The van der Waals surface area contributed by atoms with E-state index in [2.05, 4.69) is 6.58 Å². The van der Waals surface area contributed by atoms with Crippen molar-refractivity contribution in [3.63, 3.8) is 0 Å². The molecule has 2 unspecified atom stereocenters. The first kappa shape index (κ1) is 8.25. The van der Waals surface area contributed by atoms with Crippen LogP contribution in [0.1, 0.15) is 13.3 Å². The third-order valence-electron chi connectivity index (χ3n) is 1.89. The number of carbonyl (C=O) groups excluding carboxylic acids is 2. The molecule has 70 valence electrons. The van der Waals surface area contributed by atoms with E-state index in [1.54, 1.807) is 0 Å². The Morgan fingerprint density at radius 2 is 2.23 bits per heavy atom. The lowest BCUT2D eigenvalue weighted by molar-refractivity contribution is -0.162. The number of fused-ring (bicyclic) bond motifs is 1. The van der Waals surface area contributed by atoms with Crippen molar-refractivity contribution in [2.75, 3.05) is 0 Å². The molecule has 2 aliphatic rings. The molecular weight excluding hydrogens is 176 g/mol. The molecule has 0 aromatic heterocycles. The summed E-state index contributed by atoms with van der Waals surface area (Å²) < 4.78 is 14.6. The maximum atomic E-state index is 11.1. The van der Waals surface area contributed by atoms with Crippen molar-refractivity contribution >= 4 is 11.9 Å². The molecule has 5 heteroatoms. The molecular formula is C8H8O5. The lowest BCUT2D eigenvalue weighted by atomic mass is 10.2. The summed E-state index contributed by atoms with van der Waals surface area (Å²) in [5.74, 6) is -2.20. The summed E-state index contributed by atoms with van der Waals surface area (Å²) in [6.45, 7) is 4.93. The number of hydrogen-bond donors (Lipinski definition) is 0. The van der Waals surface area contributed by atoms with E-state index in [-0.39, 0.29) is 12.0 Å². The lowest BCUT2D eigenvalue weighted by Crippen LogP contribution is -2.27. The van der Waals surface area contributed by atoms with Crippen LogP contribution < -0.4 is 0 Å². The van der Waals surface area contributed by atoms with Crippen LogP contribution in [0.3, 0.4) is 0 Å². The van der Waals surface area contributed by atoms with Crippen molar-refractivity contribution in [2.24, 2.45) is 0 Å². The summed E-state index contributed by atoms with van der Waals surface area (Å²) in [6, 6.07) is 0. The second-order valence-corrected chi connectivity index (χ2v) is 3.13. The Morgan fingerprint density at radius 3 is 2.92 bits per heavy atom. The summed E-state index contributed by atoms with van der Waals surface area (Å²) >= 11 is 0. The quantitative estimate of drug-likeness (QED) is 0.303. The second-order valence-electron chi connectivity index (χ2n) is 3.13. The van der Waals surface area contributed by atoms with Gasteiger partial charge in [0.15, 0.2) is 0 Å². The van der Waals surface area contributed by atoms with Crippen LogP contribution in [-0.4, -0.2) is 24.0 Å². The Morgan fingerprint density at radius 1 is 1.54 bits per heavy atom. The van der Waals surface area contributed by atoms with Gasteiger partial charge in [-0.3, -0.25) is 9.53 Å². The molecule has 0 aromatic carbocycles. The van der Waals surface area contributed by atoms with E-state index in [9.17, 15) is 9.59 Å². The largest absolute Gasteiger partial charge is 0.426 e. The number of rotatable bonds is 0. The minimum absolute atomic E-state index is 0.0857. The van der Waals surface area contributed by atoms with E-state index in [4.69, 9.17) is 14.2 Å². The summed E-state index contributed by atoms with van der Waals surface area (Å²) in [6.07, 6.45) is -0.925. The zero-order chi connectivity index (χ0) is 9.64. The molecule has 2 fully saturated rings. The monoisotopic (exact) mass is 184 g/mol. The third kappa shape index (κ3) is 1.31. The number of esters is 2. The van der Waals surface area contributed by atoms with Crippen LogP contribution in [0.25, 0.3) is 0 Å². The summed E-state index contributed by atoms with van der Waals surface area (Å²) in [7, 11) is 0. The smallest absolute Gasteiger partial charge is 0.336 e. The standard InChI is InChI=1S/C8H8O5/c1-4-3-5(9)12-8(2)7(13-8)11-6(4)10/h7H,1,3H2,2H3. The molecule has 0 aliphatic carbocycles. The molecule has 13 heavy (non-hydrogen) atoms. The molecule has 0 aromatic rings. The summed E-state index contributed by atoms with van der Waals surface area (Å²) in [5, 5.41) is 0. The summed E-state index contributed by atoms with van der Waals surface area (Å²) in [5.41, 5.74) is 0.0857. The van der Waals surface area contributed by atoms with Gasteiger partial charge in [-0.05, 0) is 0 Å². The van der Waals surface area contributed by atoms with Crippen molar-refractivity contribution in [3.05, 3.63) is 12.2 Å². The molecule has 0 amide bonds. The molecule has 2 aliphatic heterocycles. The first-order chi connectivity index (χ1) is 6.01. The predicted octanol–water partition coefficient (Wildman–Crippen LogP) is 0.105. The van der Waals surface area contributed by atoms with Crippen LogP contribution in [0.15, 0.2) is 12.2 Å². The van der Waals surface area contributed by atoms with Gasteiger partial charge in [0.05, 0.1) is 6.42 Å². The molecule has 0 saturated carbocycles. The van der Waals surface area contributed by atoms with Crippen molar-refractivity contribution in [3.8, 4) is 0 Å². The fourth-order valence-electron chi connectivity index (χ4n) is 1.07. The van der Waals surface area contributed by atoms with Crippen LogP contribution in [0.4, 0.5) is 0 Å². The predicted molar refractivity (Wildman–Crippen MR) is 39.2 cm³/mol. The molecule has 2 rings (SSSR count). The van der Waals surface area contributed by atoms with Crippen molar-refractivity contribution in [1.82, 2.24) is 0 Å². The molecule has 0 radical (unpaired) electrons. The average Bonchev–Trinajstić information content (AvgIpc) is 2.57. The van der Waals surface area contributed by atoms with E-state index >= 15 is 0 Å². The van der Waals surface area contributed by atoms with Crippen LogP contribution in [0.5, 0.6) is 0 Å². The van der Waals surface area contributed by atoms with Gasteiger partial charge in [-0.25, -0.2) is 4.79 Å². The fourth-order valence-corrected chi connectivity index (χ4v) is 1.07. The van der Waals surface area contributed by atoms with Gasteiger partial charge in [-0.2, -0.15) is 0 Å². The average molecular weight is 184 g/mol. The maximum Gasteiger partial charge on any atom is 0.336 e. The van der Waals surface area contributed by atoms with Crippen LogP contribution in [-0.2, 0) is 23.8 Å². The third-order valence-corrected chi connectivity index (χ3v) is 1.89. The van der Waals surface area contributed by atoms with E-state index < -0.39 is 24.0 Å². The molecule has 2 heterocycles. The first-order valence-electron chi connectivity index (χ1n) is 3.80. The zero-order valence-corrected chi connectivity index (χ0v) is 7.03. The fraction of sp³-hybridized carbons (Fsp3) is 0.500. The van der Waals surface area contributed by atoms with E-state index in [1.165, 1.54) is 6.92 Å². The lowest BCUT2D eigenvalue weighted by Gasteiger charge is -2.12. The second kappa shape index (κ2) is 2.32. The molecule has 5 nitrogen and oxygen atoms in total. The van der Waals surface area contributed by atoms with Gasteiger partial charge >= 0.3 is 11.9 Å². The van der Waals surface area contributed by atoms with Crippen LogP contribution in [0.2, 0.25) is 0 Å². The Bertz CT molecular complexity index is 308. The van der Waals surface area contributed by atoms with Crippen molar-refractivity contribution in [1.29, 1.82) is 0 Å². The topological polar surface area (TPSA) is 65.1 Å². The van der Waals surface area contributed by atoms with Crippen molar-refractivity contribution < 1.29 is 23.8 Å². The maximum absolute atomic E-state index is 11.1. The van der Waals surface area contributed by atoms with Gasteiger partial charge in [0, 0.05) is 12.5 Å². The van der Waals surface area contributed by atoms with Gasteiger partial charge in [-0.1, -0.05) is 6.58 Å². The molecule has 0 bridgehead atoms. The number of hydrogen-bond acceptors (Lipinski definition) is 5. The number of ether oxygens (including phenoxy) is 3. The highest BCUT2D eigenvalue weighted by molar-refractivity contribution is 5.94. The van der Waals surface area contributed by atoms with Crippen LogP contribution in [0, 0.1) is 0 Å². The Labute approximate surface area is 74.3 Å². The molecule has 2 atom stereocenters. The van der Waals surface area contributed by atoms with Gasteiger partial charge in [0.25, 0.3) is 12.1 Å². The van der Waals surface area contributed by atoms with Crippen LogP contribution >= 0.6 is 0 Å². The Hall–Kier alpha value is -1.36. The van der Waals surface area contributed by atoms with E-state index in [0.29, 0.717) is 0 Å². The molecule has 0 N–H and O–H groups in total. The molecule has 0 spiro atoms. The normalized spacial score (nSPS) is 38.2. The van der Waals surface area contributed by atoms with Gasteiger partial charge in [-0.15, -0.1) is 0 Å². The highest BCUT2D eigenvalue weighted by Gasteiger charge is 2.61. The minimum atomic E-state index is -1.08. The van der Waals surface area contributed by atoms with Gasteiger partial charge in [0.2, 0.25) is 0 Å². The highest BCUT2D eigenvalue weighted by atomic mass is 16.9. The van der Waals surface area contributed by atoms with Crippen molar-refractivity contribution in [2.45, 2.75) is 25.4 Å². The van der Waals surface area contributed by atoms with Gasteiger partial charge in [0.1, 0.15) is 0 Å². The highest BCUT2D eigenvalue weighted by Crippen LogP contribution is 2.40. The van der Waals surface area contributed by atoms with E-state index in [0.717, 1.165) is 0 Å². The Balaban J connectivity index is 2.17. The van der Waals surface area contributed by atoms with E-state index in [1.807, 2.05) is 0 Å². The SMILES string of the molecule is C=C1CC(=O)OC2(C)OC2OC1=O. The number of carbonyl (C=O) groups is 2.